The first-order chi connectivity index (χ1) is 10.8. The number of rotatable bonds is 4. The lowest BCUT2D eigenvalue weighted by Crippen LogP contribution is -2.16. The zero-order chi connectivity index (χ0) is 15.4. The third kappa shape index (κ3) is 3.12. The first-order valence-corrected chi connectivity index (χ1v) is 8.07. The molecule has 1 N–H and O–H groups in total. The van der Waals surface area contributed by atoms with Crippen molar-refractivity contribution in [3.8, 4) is 5.88 Å². The van der Waals surface area contributed by atoms with Crippen molar-refractivity contribution in [3.05, 3.63) is 53.0 Å². The summed E-state index contributed by atoms with van der Waals surface area (Å²) < 4.78 is 5.81. The van der Waals surface area contributed by atoms with Gasteiger partial charge in [-0.25, -0.2) is 4.98 Å². The van der Waals surface area contributed by atoms with Gasteiger partial charge in [-0.3, -0.25) is 0 Å². The van der Waals surface area contributed by atoms with E-state index in [4.69, 9.17) is 14.7 Å². The Bertz CT molecular complexity index is 628. The summed E-state index contributed by atoms with van der Waals surface area (Å²) in [6.07, 6.45) is 1.87. The van der Waals surface area contributed by atoms with Crippen molar-refractivity contribution in [2.75, 3.05) is 19.7 Å². The Kier molecular flexibility index (Phi) is 4.68. The van der Waals surface area contributed by atoms with Crippen LogP contribution in [0.25, 0.3) is 0 Å². The SMILES string of the molecule is CCOc1nc(C(C)c2ccccc2)nc2c1CCNCC2. The van der Waals surface area contributed by atoms with Gasteiger partial charge in [-0.2, -0.15) is 4.98 Å². The van der Waals surface area contributed by atoms with E-state index >= 15 is 0 Å². The molecule has 0 radical (unpaired) electrons. The van der Waals surface area contributed by atoms with Crippen molar-refractivity contribution in [1.29, 1.82) is 0 Å². The fourth-order valence-corrected chi connectivity index (χ4v) is 2.87. The molecule has 4 nitrogen and oxygen atoms in total. The minimum atomic E-state index is 0.168. The molecule has 1 unspecified atom stereocenters. The molecule has 0 saturated heterocycles. The predicted molar refractivity (Wildman–Crippen MR) is 87.4 cm³/mol. The van der Waals surface area contributed by atoms with E-state index in [0.717, 1.165) is 43.3 Å². The summed E-state index contributed by atoms with van der Waals surface area (Å²) in [6, 6.07) is 10.4. The molecular weight excluding hydrogens is 274 g/mol. The molecule has 1 aromatic carbocycles. The second-order valence-electron chi connectivity index (χ2n) is 5.63. The van der Waals surface area contributed by atoms with Crippen LogP contribution in [0, 0.1) is 0 Å². The monoisotopic (exact) mass is 297 g/mol. The lowest BCUT2D eigenvalue weighted by atomic mass is 10.00. The first kappa shape index (κ1) is 15.0. The van der Waals surface area contributed by atoms with E-state index < -0.39 is 0 Å². The minimum Gasteiger partial charge on any atom is -0.478 e. The molecule has 116 valence electrons. The number of hydrogen-bond acceptors (Lipinski definition) is 4. The van der Waals surface area contributed by atoms with E-state index in [1.807, 2.05) is 13.0 Å². The van der Waals surface area contributed by atoms with Crippen LogP contribution in [-0.2, 0) is 12.8 Å². The van der Waals surface area contributed by atoms with Crippen LogP contribution in [0.1, 0.15) is 42.4 Å². The smallest absolute Gasteiger partial charge is 0.220 e. The zero-order valence-corrected chi connectivity index (χ0v) is 13.3. The van der Waals surface area contributed by atoms with E-state index in [-0.39, 0.29) is 5.92 Å². The zero-order valence-electron chi connectivity index (χ0n) is 13.3. The summed E-state index contributed by atoms with van der Waals surface area (Å²) in [4.78, 5) is 9.59. The second-order valence-corrected chi connectivity index (χ2v) is 5.63. The Hall–Kier alpha value is -1.94. The van der Waals surface area contributed by atoms with Gasteiger partial charge < -0.3 is 10.1 Å². The van der Waals surface area contributed by atoms with Crippen LogP contribution < -0.4 is 10.1 Å². The molecule has 1 aliphatic heterocycles. The van der Waals surface area contributed by atoms with Crippen molar-refractivity contribution in [1.82, 2.24) is 15.3 Å². The number of nitrogens with zero attached hydrogens (tertiary/aromatic N) is 2. The van der Waals surface area contributed by atoms with Gasteiger partial charge in [0.05, 0.1) is 12.3 Å². The number of ether oxygens (including phenoxy) is 1. The van der Waals surface area contributed by atoms with Gasteiger partial charge in [-0.15, -0.1) is 0 Å². The standard InChI is InChI=1S/C18H23N3O/c1-3-22-18-15-9-11-19-12-10-16(15)20-17(21-18)13(2)14-7-5-4-6-8-14/h4-8,13,19H,3,9-12H2,1-2H3. The Labute approximate surface area is 132 Å². The van der Waals surface area contributed by atoms with Gasteiger partial charge >= 0.3 is 0 Å². The normalized spacial score (nSPS) is 15.7. The second kappa shape index (κ2) is 6.88. The third-order valence-electron chi connectivity index (χ3n) is 4.13. The Balaban J connectivity index is 2.01. The number of aromatic nitrogens is 2. The third-order valence-corrected chi connectivity index (χ3v) is 4.13. The molecule has 1 aromatic heterocycles. The van der Waals surface area contributed by atoms with Crippen LogP contribution in [0.3, 0.4) is 0 Å². The van der Waals surface area contributed by atoms with Gasteiger partial charge in [0, 0.05) is 24.4 Å². The van der Waals surface area contributed by atoms with Gasteiger partial charge in [-0.05, 0) is 25.5 Å². The fraction of sp³-hybridized carbons (Fsp3) is 0.444. The van der Waals surface area contributed by atoms with E-state index in [9.17, 15) is 0 Å². The van der Waals surface area contributed by atoms with Gasteiger partial charge in [-0.1, -0.05) is 37.3 Å². The maximum atomic E-state index is 5.81. The Morgan fingerprint density at radius 2 is 1.91 bits per heavy atom. The molecular formula is C18H23N3O. The molecule has 0 spiro atoms. The summed E-state index contributed by atoms with van der Waals surface area (Å²) in [5, 5.41) is 3.42. The summed E-state index contributed by atoms with van der Waals surface area (Å²) >= 11 is 0. The largest absolute Gasteiger partial charge is 0.478 e. The molecule has 1 aliphatic rings. The van der Waals surface area contributed by atoms with Gasteiger partial charge in [0.1, 0.15) is 5.82 Å². The van der Waals surface area contributed by atoms with E-state index in [1.54, 1.807) is 0 Å². The summed E-state index contributed by atoms with van der Waals surface area (Å²) in [7, 11) is 0. The molecule has 0 bridgehead atoms. The molecule has 2 heterocycles. The summed E-state index contributed by atoms with van der Waals surface area (Å²) in [6.45, 7) is 6.72. The quantitative estimate of drug-likeness (QED) is 0.942. The first-order valence-electron chi connectivity index (χ1n) is 8.07. The predicted octanol–water partition coefficient (Wildman–Crippen LogP) is 2.72. The van der Waals surface area contributed by atoms with Crippen molar-refractivity contribution in [2.45, 2.75) is 32.6 Å². The molecule has 4 heteroatoms. The average molecular weight is 297 g/mol. The summed E-state index contributed by atoms with van der Waals surface area (Å²) in [5.41, 5.74) is 3.55. The van der Waals surface area contributed by atoms with E-state index in [1.165, 1.54) is 11.1 Å². The molecule has 1 atom stereocenters. The molecule has 22 heavy (non-hydrogen) atoms. The van der Waals surface area contributed by atoms with Crippen molar-refractivity contribution in [2.24, 2.45) is 0 Å². The van der Waals surface area contributed by atoms with Gasteiger partial charge in [0.2, 0.25) is 5.88 Å². The number of hydrogen-bond donors (Lipinski definition) is 1. The van der Waals surface area contributed by atoms with Crippen LogP contribution in [0.15, 0.2) is 30.3 Å². The number of fused-ring (bicyclic) bond motifs is 1. The van der Waals surface area contributed by atoms with Crippen LogP contribution in [-0.4, -0.2) is 29.7 Å². The highest BCUT2D eigenvalue weighted by molar-refractivity contribution is 5.35. The van der Waals surface area contributed by atoms with Crippen molar-refractivity contribution < 1.29 is 4.74 Å². The lowest BCUT2D eigenvalue weighted by molar-refractivity contribution is 0.320. The van der Waals surface area contributed by atoms with Crippen molar-refractivity contribution >= 4 is 0 Å². The number of nitrogens with one attached hydrogen (secondary N) is 1. The molecule has 0 amide bonds. The van der Waals surface area contributed by atoms with Crippen LogP contribution in [0.5, 0.6) is 5.88 Å². The van der Waals surface area contributed by atoms with E-state index in [0.29, 0.717) is 6.61 Å². The van der Waals surface area contributed by atoms with Crippen LogP contribution in [0.2, 0.25) is 0 Å². The van der Waals surface area contributed by atoms with Gasteiger partial charge in [0.25, 0.3) is 0 Å². The Morgan fingerprint density at radius 3 is 2.68 bits per heavy atom. The highest BCUT2D eigenvalue weighted by Gasteiger charge is 2.20. The lowest BCUT2D eigenvalue weighted by Gasteiger charge is -2.16. The molecule has 2 aromatic rings. The van der Waals surface area contributed by atoms with E-state index in [2.05, 4.69) is 36.5 Å². The molecule has 0 aliphatic carbocycles. The minimum absolute atomic E-state index is 0.168. The highest BCUT2D eigenvalue weighted by Crippen LogP contribution is 2.27. The average Bonchev–Trinajstić information content (AvgIpc) is 2.80. The maximum absolute atomic E-state index is 5.81. The fourth-order valence-electron chi connectivity index (χ4n) is 2.87. The van der Waals surface area contributed by atoms with Gasteiger partial charge in [0.15, 0.2) is 0 Å². The van der Waals surface area contributed by atoms with Crippen LogP contribution in [0.4, 0.5) is 0 Å². The molecule has 3 rings (SSSR count). The molecule has 0 fully saturated rings. The topological polar surface area (TPSA) is 47.0 Å². The molecule has 0 saturated carbocycles. The van der Waals surface area contributed by atoms with Crippen molar-refractivity contribution in [3.63, 3.8) is 0 Å². The van der Waals surface area contributed by atoms with Crippen LogP contribution >= 0.6 is 0 Å². The Morgan fingerprint density at radius 1 is 1.14 bits per heavy atom. The number of benzene rings is 1. The maximum Gasteiger partial charge on any atom is 0.220 e. The summed E-state index contributed by atoms with van der Waals surface area (Å²) in [5.74, 6) is 1.80. The highest BCUT2D eigenvalue weighted by atomic mass is 16.5.